The molecule has 1 saturated heterocycles. The van der Waals surface area contributed by atoms with E-state index in [1.807, 2.05) is 40.3 Å². The van der Waals surface area contributed by atoms with E-state index >= 15 is 0 Å². The fourth-order valence-electron chi connectivity index (χ4n) is 2.75. The molecule has 0 saturated carbocycles. The molecule has 0 aliphatic carbocycles. The zero-order valence-corrected chi connectivity index (χ0v) is 11.9. The van der Waals surface area contributed by atoms with E-state index in [1.54, 1.807) is 12.7 Å². The number of piperidine rings is 1. The third-order valence-corrected chi connectivity index (χ3v) is 4.09. The minimum absolute atomic E-state index is 0.102. The monoisotopic (exact) mass is 273 g/mol. The molecule has 3 rings (SSSR count). The number of aryl methyl sites for hydroxylation is 1. The molecule has 1 amide bonds. The first-order chi connectivity index (χ1) is 9.66. The molecule has 3 heterocycles. The predicted octanol–water partition coefficient (Wildman–Crippen LogP) is 1.40. The van der Waals surface area contributed by atoms with Crippen molar-refractivity contribution in [1.29, 1.82) is 0 Å². The Morgan fingerprint density at radius 1 is 1.40 bits per heavy atom. The van der Waals surface area contributed by atoms with Crippen LogP contribution in [0.5, 0.6) is 0 Å². The molecule has 0 radical (unpaired) electrons. The van der Waals surface area contributed by atoms with Gasteiger partial charge in [0.2, 0.25) is 0 Å². The third-order valence-electron chi connectivity index (χ3n) is 4.09. The van der Waals surface area contributed by atoms with Gasteiger partial charge < -0.3 is 9.47 Å². The van der Waals surface area contributed by atoms with Crippen LogP contribution in [0.15, 0.2) is 24.8 Å². The number of amides is 1. The first-order valence-electron chi connectivity index (χ1n) is 6.92. The van der Waals surface area contributed by atoms with Gasteiger partial charge in [-0.25, -0.2) is 9.67 Å². The van der Waals surface area contributed by atoms with E-state index in [2.05, 4.69) is 10.1 Å². The van der Waals surface area contributed by atoms with Crippen LogP contribution in [0.4, 0.5) is 0 Å². The van der Waals surface area contributed by atoms with Crippen molar-refractivity contribution in [3.63, 3.8) is 0 Å². The van der Waals surface area contributed by atoms with E-state index in [4.69, 9.17) is 0 Å². The van der Waals surface area contributed by atoms with Crippen LogP contribution >= 0.6 is 0 Å². The molecule has 1 aliphatic heterocycles. The molecule has 0 unspecified atom stereocenters. The molecule has 0 spiro atoms. The van der Waals surface area contributed by atoms with Gasteiger partial charge in [0.1, 0.15) is 18.3 Å². The number of hydrogen-bond donors (Lipinski definition) is 0. The lowest BCUT2D eigenvalue weighted by Crippen LogP contribution is -2.41. The lowest BCUT2D eigenvalue weighted by molar-refractivity contribution is 0.0663. The van der Waals surface area contributed by atoms with Gasteiger partial charge in [0.05, 0.1) is 6.04 Å². The number of aromatic nitrogens is 4. The van der Waals surface area contributed by atoms with Crippen molar-refractivity contribution in [2.75, 3.05) is 13.1 Å². The fourth-order valence-corrected chi connectivity index (χ4v) is 2.75. The lowest BCUT2D eigenvalue weighted by Gasteiger charge is -2.32. The van der Waals surface area contributed by atoms with Gasteiger partial charge in [0.25, 0.3) is 5.91 Å². The van der Waals surface area contributed by atoms with Crippen LogP contribution in [-0.4, -0.2) is 43.2 Å². The molecule has 2 aromatic rings. The smallest absolute Gasteiger partial charge is 0.270 e. The Bertz CT molecular complexity index is 601. The van der Waals surface area contributed by atoms with Crippen molar-refractivity contribution < 1.29 is 4.79 Å². The molecule has 6 heteroatoms. The average molecular weight is 273 g/mol. The SMILES string of the molecule is Cc1ccc(C(=O)N2CCC[C@@H](n3cncn3)C2)n1C. The quantitative estimate of drug-likeness (QED) is 0.831. The van der Waals surface area contributed by atoms with Crippen molar-refractivity contribution in [1.82, 2.24) is 24.2 Å². The molecular weight excluding hydrogens is 254 g/mol. The molecule has 1 aliphatic rings. The predicted molar refractivity (Wildman–Crippen MR) is 74.3 cm³/mol. The molecular formula is C14H19N5O. The maximum atomic E-state index is 12.6. The lowest BCUT2D eigenvalue weighted by atomic mass is 10.1. The summed E-state index contributed by atoms with van der Waals surface area (Å²) in [5.41, 5.74) is 1.85. The second-order valence-electron chi connectivity index (χ2n) is 5.34. The summed E-state index contributed by atoms with van der Waals surface area (Å²) >= 11 is 0. The summed E-state index contributed by atoms with van der Waals surface area (Å²) in [5.74, 6) is 0.102. The molecule has 1 fully saturated rings. The van der Waals surface area contributed by atoms with Crippen LogP contribution in [0.1, 0.15) is 35.1 Å². The van der Waals surface area contributed by atoms with E-state index in [9.17, 15) is 4.79 Å². The van der Waals surface area contributed by atoms with Gasteiger partial charge in [-0.3, -0.25) is 4.79 Å². The number of carbonyl (C=O) groups excluding carboxylic acids is 1. The fraction of sp³-hybridized carbons (Fsp3) is 0.500. The van der Waals surface area contributed by atoms with Gasteiger partial charge >= 0.3 is 0 Å². The molecule has 1 atom stereocenters. The van der Waals surface area contributed by atoms with Gasteiger partial charge in [-0.05, 0) is 31.9 Å². The Kier molecular flexibility index (Phi) is 3.30. The highest BCUT2D eigenvalue weighted by Gasteiger charge is 2.27. The molecule has 106 valence electrons. The number of nitrogens with zero attached hydrogens (tertiary/aromatic N) is 5. The highest BCUT2D eigenvalue weighted by Crippen LogP contribution is 2.22. The van der Waals surface area contributed by atoms with Crippen LogP contribution in [-0.2, 0) is 7.05 Å². The second kappa shape index (κ2) is 5.11. The summed E-state index contributed by atoms with van der Waals surface area (Å²) in [5, 5.41) is 4.19. The van der Waals surface area contributed by atoms with Crippen LogP contribution in [0, 0.1) is 6.92 Å². The summed E-state index contributed by atoms with van der Waals surface area (Å²) in [7, 11) is 1.93. The zero-order valence-electron chi connectivity index (χ0n) is 11.9. The van der Waals surface area contributed by atoms with Crippen molar-refractivity contribution in [2.24, 2.45) is 7.05 Å². The second-order valence-corrected chi connectivity index (χ2v) is 5.34. The van der Waals surface area contributed by atoms with Crippen molar-refractivity contribution >= 4 is 5.91 Å². The van der Waals surface area contributed by atoms with Crippen LogP contribution in [0.3, 0.4) is 0 Å². The minimum Gasteiger partial charge on any atom is -0.344 e. The molecule has 20 heavy (non-hydrogen) atoms. The first kappa shape index (κ1) is 12.9. The summed E-state index contributed by atoms with van der Waals surface area (Å²) in [4.78, 5) is 18.5. The standard InChI is InChI=1S/C14H19N5O/c1-11-5-6-13(17(11)2)14(20)18-7-3-4-12(8-18)19-10-15-9-16-19/h5-6,9-10,12H,3-4,7-8H2,1-2H3/t12-/m1/s1. The average Bonchev–Trinajstić information content (AvgIpc) is 3.10. The maximum absolute atomic E-state index is 12.6. The van der Waals surface area contributed by atoms with Crippen LogP contribution in [0.25, 0.3) is 0 Å². The van der Waals surface area contributed by atoms with Gasteiger partial charge in [0.15, 0.2) is 0 Å². The Hall–Kier alpha value is -2.11. The Balaban J connectivity index is 1.77. The molecule has 0 aromatic carbocycles. The van der Waals surface area contributed by atoms with E-state index in [1.165, 1.54) is 0 Å². The van der Waals surface area contributed by atoms with Gasteiger partial charge in [-0.2, -0.15) is 5.10 Å². The topological polar surface area (TPSA) is 56.0 Å². The number of hydrogen-bond acceptors (Lipinski definition) is 3. The molecule has 2 aromatic heterocycles. The van der Waals surface area contributed by atoms with Crippen molar-refractivity contribution in [3.05, 3.63) is 36.2 Å². The Morgan fingerprint density at radius 2 is 2.25 bits per heavy atom. The van der Waals surface area contributed by atoms with Crippen LogP contribution in [0.2, 0.25) is 0 Å². The molecule has 0 N–H and O–H groups in total. The molecule has 6 nitrogen and oxygen atoms in total. The van der Waals surface area contributed by atoms with Gasteiger partial charge in [0, 0.05) is 25.8 Å². The number of carbonyl (C=O) groups is 1. The Labute approximate surface area is 118 Å². The molecule has 0 bridgehead atoms. The van der Waals surface area contributed by atoms with E-state index in [-0.39, 0.29) is 11.9 Å². The summed E-state index contributed by atoms with van der Waals surface area (Å²) in [6, 6.07) is 4.11. The summed E-state index contributed by atoms with van der Waals surface area (Å²) in [6.45, 7) is 3.52. The Morgan fingerprint density at radius 3 is 2.90 bits per heavy atom. The first-order valence-corrected chi connectivity index (χ1v) is 6.92. The largest absolute Gasteiger partial charge is 0.344 e. The van der Waals surface area contributed by atoms with E-state index in [0.29, 0.717) is 6.54 Å². The van der Waals surface area contributed by atoms with Crippen LogP contribution < -0.4 is 0 Å². The highest BCUT2D eigenvalue weighted by atomic mass is 16.2. The number of rotatable bonds is 2. The number of likely N-dealkylation sites (tertiary alicyclic amines) is 1. The third kappa shape index (κ3) is 2.21. The van der Waals surface area contributed by atoms with E-state index in [0.717, 1.165) is 30.8 Å². The highest BCUT2D eigenvalue weighted by molar-refractivity contribution is 5.93. The van der Waals surface area contributed by atoms with Gasteiger partial charge in [-0.15, -0.1) is 0 Å². The zero-order chi connectivity index (χ0) is 14.1. The maximum Gasteiger partial charge on any atom is 0.270 e. The van der Waals surface area contributed by atoms with Crippen molar-refractivity contribution in [3.8, 4) is 0 Å². The van der Waals surface area contributed by atoms with E-state index < -0.39 is 0 Å². The summed E-state index contributed by atoms with van der Waals surface area (Å²) in [6.07, 6.45) is 5.31. The minimum atomic E-state index is 0.102. The summed E-state index contributed by atoms with van der Waals surface area (Å²) < 4.78 is 3.80. The van der Waals surface area contributed by atoms with Gasteiger partial charge in [-0.1, -0.05) is 0 Å². The normalized spacial score (nSPS) is 19.3. The van der Waals surface area contributed by atoms with Crippen molar-refractivity contribution in [2.45, 2.75) is 25.8 Å².